The van der Waals surface area contributed by atoms with Crippen LogP contribution >= 0.6 is 11.8 Å². The van der Waals surface area contributed by atoms with Crippen LogP contribution in [0.2, 0.25) is 0 Å². The van der Waals surface area contributed by atoms with E-state index in [1.165, 1.54) is 11.8 Å². The first-order chi connectivity index (χ1) is 15.1. The standard InChI is InChI=1S/C25H19N3O2S/c1-16-8-2-7-13-22(16)28-24(30)18-10-4-6-12-21(18)27-25(28)31-15-23(29)19-14-26-20-11-5-3-9-17(19)20/h2-14,26H,15H2,1H3. The van der Waals surface area contributed by atoms with Crippen LogP contribution in [0.5, 0.6) is 0 Å². The molecule has 0 saturated heterocycles. The summed E-state index contributed by atoms with van der Waals surface area (Å²) in [6, 6.07) is 22.7. The van der Waals surface area contributed by atoms with Gasteiger partial charge in [0.1, 0.15) is 0 Å². The summed E-state index contributed by atoms with van der Waals surface area (Å²) in [6.45, 7) is 1.96. The Hall–Kier alpha value is -3.64. The molecule has 2 heterocycles. The normalized spacial score (nSPS) is 11.3. The van der Waals surface area contributed by atoms with Crippen LogP contribution in [0.3, 0.4) is 0 Å². The second-order valence-electron chi connectivity index (χ2n) is 7.30. The summed E-state index contributed by atoms with van der Waals surface area (Å²) in [5.74, 6) is 0.166. The lowest BCUT2D eigenvalue weighted by Gasteiger charge is -2.14. The van der Waals surface area contributed by atoms with Crippen molar-refractivity contribution in [2.75, 3.05) is 5.75 Å². The summed E-state index contributed by atoms with van der Waals surface area (Å²) in [5, 5.41) is 1.96. The van der Waals surface area contributed by atoms with Crippen LogP contribution in [0, 0.1) is 6.92 Å². The molecule has 2 aromatic heterocycles. The molecule has 3 aromatic carbocycles. The topological polar surface area (TPSA) is 67.8 Å². The Morgan fingerprint density at radius 2 is 1.68 bits per heavy atom. The van der Waals surface area contributed by atoms with Crippen LogP contribution in [0.1, 0.15) is 15.9 Å². The summed E-state index contributed by atoms with van der Waals surface area (Å²) in [5.41, 5.74) is 3.80. The number of rotatable bonds is 5. The molecule has 0 bridgehead atoms. The number of nitrogens with zero attached hydrogens (tertiary/aromatic N) is 2. The van der Waals surface area contributed by atoms with Gasteiger partial charge >= 0.3 is 0 Å². The fraction of sp³-hybridized carbons (Fsp3) is 0.0800. The van der Waals surface area contributed by atoms with Crippen molar-refractivity contribution in [3.05, 3.63) is 100 Å². The number of aromatic nitrogens is 3. The number of carbonyl (C=O) groups is 1. The largest absolute Gasteiger partial charge is 0.360 e. The van der Waals surface area contributed by atoms with Crippen molar-refractivity contribution in [3.63, 3.8) is 0 Å². The molecule has 6 heteroatoms. The van der Waals surface area contributed by atoms with Gasteiger partial charge in [0, 0.05) is 22.7 Å². The number of aryl methyl sites for hydroxylation is 1. The Labute approximate surface area is 182 Å². The molecule has 0 aliphatic carbocycles. The van der Waals surface area contributed by atoms with Gasteiger partial charge in [0.15, 0.2) is 10.9 Å². The van der Waals surface area contributed by atoms with E-state index < -0.39 is 0 Å². The fourth-order valence-electron chi connectivity index (χ4n) is 3.75. The highest BCUT2D eigenvalue weighted by atomic mass is 32.2. The first kappa shape index (κ1) is 19.3. The molecule has 0 atom stereocenters. The highest BCUT2D eigenvalue weighted by molar-refractivity contribution is 7.99. The number of Topliss-reactive ketones (excluding diaryl/α,β-unsaturated/α-hetero) is 1. The SMILES string of the molecule is Cc1ccccc1-n1c(SCC(=O)c2c[nH]c3ccccc23)nc2ccccc2c1=O. The lowest BCUT2D eigenvalue weighted by Crippen LogP contribution is -2.23. The van der Waals surface area contributed by atoms with Gasteiger partial charge in [-0.1, -0.05) is 60.3 Å². The fourth-order valence-corrected chi connectivity index (χ4v) is 4.63. The number of fused-ring (bicyclic) bond motifs is 2. The first-order valence-corrected chi connectivity index (χ1v) is 10.9. The number of para-hydroxylation sites is 3. The van der Waals surface area contributed by atoms with E-state index in [0.717, 1.165) is 22.2 Å². The van der Waals surface area contributed by atoms with Crippen molar-refractivity contribution in [1.29, 1.82) is 0 Å². The number of benzene rings is 3. The van der Waals surface area contributed by atoms with E-state index in [1.807, 2.05) is 73.7 Å². The van der Waals surface area contributed by atoms with Crippen molar-refractivity contribution in [3.8, 4) is 5.69 Å². The van der Waals surface area contributed by atoms with Gasteiger partial charge in [-0.15, -0.1) is 0 Å². The molecule has 152 valence electrons. The number of thioether (sulfide) groups is 1. The minimum absolute atomic E-state index is 0.0128. The highest BCUT2D eigenvalue weighted by Gasteiger charge is 2.18. The molecule has 0 spiro atoms. The molecule has 0 aliphatic heterocycles. The molecule has 0 amide bonds. The molecule has 5 aromatic rings. The maximum Gasteiger partial charge on any atom is 0.266 e. The smallest absolute Gasteiger partial charge is 0.266 e. The quantitative estimate of drug-likeness (QED) is 0.240. The Morgan fingerprint density at radius 3 is 2.52 bits per heavy atom. The summed E-state index contributed by atoms with van der Waals surface area (Å²) < 4.78 is 1.62. The second-order valence-corrected chi connectivity index (χ2v) is 8.24. The number of hydrogen-bond acceptors (Lipinski definition) is 4. The molecule has 0 aliphatic rings. The third kappa shape index (κ3) is 3.45. The van der Waals surface area contributed by atoms with Crippen molar-refractivity contribution in [2.45, 2.75) is 12.1 Å². The predicted molar refractivity (Wildman–Crippen MR) is 125 cm³/mol. The van der Waals surface area contributed by atoms with Crippen LogP contribution in [0.25, 0.3) is 27.5 Å². The summed E-state index contributed by atoms with van der Waals surface area (Å²) >= 11 is 1.28. The molecule has 31 heavy (non-hydrogen) atoms. The molecule has 0 saturated carbocycles. The van der Waals surface area contributed by atoms with Gasteiger partial charge in [0.05, 0.1) is 22.3 Å². The predicted octanol–water partition coefficient (Wildman–Crippen LogP) is 5.15. The van der Waals surface area contributed by atoms with Gasteiger partial charge < -0.3 is 4.98 Å². The number of nitrogens with one attached hydrogen (secondary N) is 1. The molecule has 1 N–H and O–H groups in total. The van der Waals surface area contributed by atoms with Crippen molar-refractivity contribution in [2.24, 2.45) is 0 Å². The van der Waals surface area contributed by atoms with Gasteiger partial charge in [-0.05, 0) is 36.8 Å². The Balaban J connectivity index is 1.57. The summed E-state index contributed by atoms with van der Waals surface area (Å²) in [7, 11) is 0. The monoisotopic (exact) mass is 425 g/mol. The van der Waals surface area contributed by atoms with Crippen molar-refractivity contribution in [1.82, 2.24) is 14.5 Å². The molecule has 0 fully saturated rings. The molecular formula is C25H19N3O2S. The average Bonchev–Trinajstić information content (AvgIpc) is 3.23. The van der Waals surface area contributed by atoms with Crippen LogP contribution in [-0.2, 0) is 0 Å². The minimum Gasteiger partial charge on any atom is -0.360 e. The zero-order valence-corrected chi connectivity index (χ0v) is 17.6. The van der Waals surface area contributed by atoms with Gasteiger partial charge in [0.2, 0.25) is 0 Å². The number of H-pyrrole nitrogens is 1. The van der Waals surface area contributed by atoms with Gasteiger partial charge in [0.25, 0.3) is 5.56 Å². The van der Waals surface area contributed by atoms with Gasteiger partial charge in [-0.25, -0.2) is 4.98 Å². The Morgan fingerprint density at radius 1 is 0.968 bits per heavy atom. The molecule has 0 radical (unpaired) electrons. The lowest BCUT2D eigenvalue weighted by atomic mass is 10.1. The summed E-state index contributed by atoms with van der Waals surface area (Å²) in [6.07, 6.45) is 1.75. The maximum atomic E-state index is 13.4. The van der Waals surface area contributed by atoms with Gasteiger partial charge in [-0.2, -0.15) is 0 Å². The molecule has 5 rings (SSSR count). The zero-order chi connectivity index (χ0) is 21.4. The average molecular weight is 426 g/mol. The van der Waals surface area contributed by atoms with E-state index in [-0.39, 0.29) is 17.1 Å². The Bertz CT molecular complexity index is 1500. The van der Waals surface area contributed by atoms with E-state index in [9.17, 15) is 9.59 Å². The van der Waals surface area contributed by atoms with E-state index >= 15 is 0 Å². The first-order valence-electron chi connectivity index (χ1n) is 9.93. The number of ketones is 1. The van der Waals surface area contributed by atoms with Crippen LogP contribution in [-0.4, -0.2) is 26.1 Å². The third-order valence-electron chi connectivity index (χ3n) is 5.32. The van der Waals surface area contributed by atoms with Gasteiger partial charge in [-0.3, -0.25) is 14.2 Å². The zero-order valence-electron chi connectivity index (χ0n) is 16.8. The lowest BCUT2D eigenvalue weighted by molar-refractivity contribution is 0.102. The minimum atomic E-state index is -0.137. The number of aromatic amines is 1. The third-order valence-corrected chi connectivity index (χ3v) is 6.26. The Kier molecular flexibility index (Phi) is 4.92. The molecule has 0 unspecified atom stereocenters. The van der Waals surface area contributed by atoms with Crippen LogP contribution in [0.15, 0.2) is 88.9 Å². The van der Waals surface area contributed by atoms with E-state index in [1.54, 1.807) is 16.8 Å². The molecule has 5 nitrogen and oxygen atoms in total. The van der Waals surface area contributed by atoms with Crippen LogP contribution in [0.4, 0.5) is 0 Å². The summed E-state index contributed by atoms with van der Waals surface area (Å²) in [4.78, 5) is 34.2. The maximum absolute atomic E-state index is 13.4. The molecular weight excluding hydrogens is 406 g/mol. The van der Waals surface area contributed by atoms with E-state index in [4.69, 9.17) is 4.98 Å². The van der Waals surface area contributed by atoms with Crippen LogP contribution < -0.4 is 5.56 Å². The highest BCUT2D eigenvalue weighted by Crippen LogP contribution is 2.25. The number of hydrogen-bond donors (Lipinski definition) is 1. The van der Waals surface area contributed by atoms with E-state index in [0.29, 0.717) is 21.6 Å². The van der Waals surface area contributed by atoms with Crippen molar-refractivity contribution >= 4 is 39.4 Å². The second kappa shape index (κ2) is 7.89. The number of carbonyl (C=O) groups excluding carboxylic acids is 1. The van der Waals surface area contributed by atoms with Crippen molar-refractivity contribution < 1.29 is 4.79 Å². The van der Waals surface area contributed by atoms with E-state index in [2.05, 4.69) is 4.98 Å².